The van der Waals surface area contributed by atoms with Gasteiger partial charge in [0, 0.05) is 25.8 Å². The van der Waals surface area contributed by atoms with Crippen LogP contribution in [-0.2, 0) is 22.6 Å². The summed E-state index contributed by atoms with van der Waals surface area (Å²) in [6.45, 7) is 4.13. The van der Waals surface area contributed by atoms with Gasteiger partial charge in [0.05, 0.1) is 11.9 Å². The highest BCUT2D eigenvalue weighted by Gasteiger charge is 2.21. The fraction of sp³-hybridized carbons (Fsp3) is 0.750. The zero-order valence-electron chi connectivity index (χ0n) is 11.2. The minimum Gasteiger partial charge on any atom is -0.381 e. The molecule has 7 nitrogen and oxygen atoms in total. The second kappa shape index (κ2) is 6.63. The number of amides is 1. The minimum absolute atomic E-state index is 0.0486. The molecule has 1 aliphatic rings. The number of nitrogens with two attached hydrogens (primary N) is 1. The lowest BCUT2D eigenvalue weighted by molar-refractivity contribution is -0.123. The van der Waals surface area contributed by atoms with Crippen LogP contribution in [-0.4, -0.2) is 40.2 Å². The van der Waals surface area contributed by atoms with E-state index in [-0.39, 0.29) is 18.5 Å². The maximum absolute atomic E-state index is 11.9. The third-order valence-corrected chi connectivity index (χ3v) is 3.46. The summed E-state index contributed by atoms with van der Waals surface area (Å²) in [6, 6.07) is 0.161. The van der Waals surface area contributed by atoms with E-state index in [9.17, 15) is 4.79 Å². The average Bonchev–Trinajstić information content (AvgIpc) is 2.87. The normalized spacial score (nSPS) is 18.2. The molecular weight excluding hydrogens is 246 g/mol. The van der Waals surface area contributed by atoms with Gasteiger partial charge in [0.1, 0.15) is 6.54 Å². The predicted octanol–water partition coefficient (Wildman–Crippen LogP) is -0.332. The Hall–Kier alpha value is -1.47. The molecule has 0 aliphatic carbocycles. The van der Waals surface area contributed by atoms with E-state index < -0.39 is 0 Å². The van der Waals surface area contributed by atoms with E-state index in [0.29, 0.717) is 18.2 Å². The molecule has 1 saturated heterocycles. The van der Waals surface area contributed by atoms with Crippen molar-refractivity contribution in [2.45, 2.75) is 38.9 Å². The van der Waals surface area contributed by atoms with Gasteiger partial charge in [0.25, 0.3) is 0 Å². The molecule has 1 unspecified atom stereocenters. The zero-order valence-corrected chi connectivity index (χ0v) is 11.2. The molecule has 1 amide bonds. The van der Waals surface area contributed by atoms with Crippen LogP contribution in [0.2, 0.25) is 0 Å². The van der Waals surface area contributed by atoms with Crippen LogP contribution in [0.5, 0.6) is 0 Å². The number of nitrogens with one attached hydrogen (secondary N) is 1. The smallest absolute Gasteiger partial charge is 0.242 e. The summed E-state index contributed by atoms with van der Waals surface area (Å²) in [6.07, 6.45) is 3.70. The Labute approximate surface area is 112 Å². The Morgan fingerprint density at radius 1 is 1.63 bits per heavy atom. The molecule has 19 heavy (non-hydrogen) atoms. The van der Waals surface area contributed by atoms with E-state index >= 15 is 0 Å². The van der Waals surface area contributed by atoms with Crippen LogP contribution in [0.1, 0.15) is 25.5 Å². The molecule has 0 spiro atoms. The highest BCUT2D eigenvalue weighted by molar-refractivity contribution is 5.75. The number of carbonyl (C=O) groups is 1. The van der Waals surface area contributed by atoms with Gasteiger partial charge in [0.2, 0.25) is 5.91 Å². The fourth-order valence-corrected chi connectivity index (χ4v) is 2.29. The maximum Gasteiger partial charge on any atom is 0.242 e. The Kier molecular flexibility index (Phi) is 4.86. The van der Waals surface area contributed by atoms with Crippen molar-refractivity contribution >= 4 is 5.91 Å². The van der Waals surface area contributed by atoms with Crippen LogP contribution in [0.3, 0.4) is 0 Å². The topological polar surface area (TPSA) is 95.1 Å². The highest BCUT2D eigenvalue weighted by Crippen LogP contribution is 2.18. The minimum atomic E-state index is -0.0486. The van der Waals surface area contributed by atoms with Crippen molar-refractivity contribution in [3.05, 3.63) is 11.9 Å². The van der Waals surface area contributed by atoms with Gasteiger partial charge in [-0.3, -0.25) is 4.79 Å². The summed E-state index contributed by atoms with van der Waals surface area (Å²) in [5.41, 5.74) is 6.13. The first-order chi connectivity index (χ1) is 9.19. The van der Waals surface area contributed by atoms with Crippen molar-refractivity contribution in [2.75, 3.05) is 13.2 Å². The quantitative estimate of drug-likeness (QED) is 0.761. The fourth-order valence-electron chi connectivity index (χ4n) is 2.29. The van der Waals surface area contributed by atoms with Crippen LogP contribution in [0.15, 0.2) is 6.20 Å². The third-order valence-electron chi connectivity index (χ3n) is 3.46. The first kappa shape index (κ1) is 14.0. The van der Waals surface area contributed by atoms with Crippen LogP contribution in [0.4, 0.5) is 0 Å². The lowest BCUT2D eigenvalue weighted by atomic mass is 9.93. The van der Waals surface area contributed by atoms with E-state index in [1.807, 2.05) is 6.92 Å². The lowest BCUT2D eigenvalue weighted by Gasteiger charge is -2.28. The van der Waals surface area contributed by atoms with Gasteiger partial charge in [-0.05, 0) is 25.7 Å². The maximum atomic E-state index is 11.9. The molecule has 1 aliphatic heterocycles. The predicted molar refractivity (Wildman–Crippen MR) is 69.1 cm³/mol. The first-order valence-electron chi connectivity index (χ1n) is 6.65. The Morgan fingerprint density at radius 2 is 2.37 bits per heavy atom. The summed E-state index contributed by atoms with van der Waals surface area (Å²) in [5, 5.41) is 10.7. The van der Waals surface area contributed by atoms with Crippen LogP contribution >= 0.6 is 0 Å². The average molecular weight is 267 g/mol. The first-order valence-corrected chi connectivity index (χ1v) is 6.65. The van der Waals surface area contributed by atoms with Crippen molar-refractivity contribution in [2.24, 2.45) is 11.7 Å². The second-order valence-corrected chi connectivity index (χ2v) is 4.92. The molecule has 1 aromatic heterocycles. The number of aromatic nitrogens is 3. The van der Waals surface area contributed by atoms with Crippen molar-refractivity contribution in [3.63, 3.8) is 0 Å². The molecule has 2 heterocycles. The summed E-state index contributed by atoms with van der Waals surface area (Å²) in [4.78, 5) is 11.9. The third kappa shape index (κ3) is 4.00. The highest BCUT2D eigenvalue weighted by atomic mass is 16.5. The summed E-state index contributed by atoms with van der Waals surface area (Å²) >= 11 is 0. The number of nitrogens with zero attached hydrogens (tertiary/aromatic N) is 3. The molecule has 1 aromatic rings. The van der Waals surface area contributed by atoms with Gasteiger partial charge in [-0.15, -0.1) is 5.10 Å². The van der Waals surface area contributed by atoms with Gasteiger partial charge in [-0.2, -0.15) is 0 Å². The summed E-state index contributed by atoms with van der Waals surface area (Å²) < 4.78 is 6.83. The van der Waals surface area contributed by atoms with E-state index in [0.717, 1.165) is 26.1 Å². The molecule has 1 fully saturated rings. The molecule has 0 saturated carbocycles. The van der Waals surface area contributed by atoms with Crippen molar-refractivity contribution < 1.29 is 9.53 Å². The number of hydrogen-bond acceptors (Lipinski definition) is 5. The summed E-state index contributed by atoms with van der Waals surface area (Å²) in [5.74, 6) is 0.445. The molecule has 0 bridgehead atoms. The number of hydrogen-bond donors (Lipinski definition) is 2. The molecule has 0 aromatic carbocycles. The molecule has 106 valence electrons. The molecule has 0 radical (unpaired) electrons. The van der Waals surface area contributed by atoms with E-state index in [1.54, 1.807) is 6.20 Å². The van der Waals surface area contributed by atoms with Crippen molar-refractivity contribution in [3.8, 4) is 0 Å². The molecule has 2 rings (SSSR count). The van der Waals surface area contributed by atoms with Crippen LogP contribution in [0.25, 0.3) is 0 Å². The zero-order chi connectivity index (χ0) is 13.7. The number of carbonyl (C=O) groups excluding carboxylic acids is 1. The van der Waals surface area contributed by atoms with Gasteiger partial charge in [-0.25, -0.2) is 4.68 Å². The Balaban J connectivity index is 1.79. The SMILES string of the molecule is CC(NC(=O)Cn1cc(CN)nn1)C1CCOCC1. The number of ether oxygens (including phenoxy) is 1. The Bertz CT molecular complexity index is 414. The van der Waals surface area contributed by atoms with E-state index in [1.165, 1.54) is 4.68 Å². The monoisotopic (exact) mass is 267 g/mol. The molecule has 3 N–H and O–H groups in total. The van der Waals surface area contributed by atoms with Crippen molar-refractivity contribution in [1.82, 2.24) is 20.3 Å². The lowest BCUT2D eigenvalue weighted by Crippen LogP contribution is -2.41. The van der Waals surface area contributed by atoms with Crippen LogP contribution in [0, 0.1) is 5.92 Å². The number of rotatable bonds is 5. The van der Waals surface area contributed by atoms with E-state index in [4.69, 9.17) is 10.5 Å². The standard InChI is InChI=1S/C12H21N5O2/c1-9(10-2-4-19-5-3-10)14-12(18)8-17-7-11(6-13)15-16-17/h7,9-10H,2-6,8,13H2,1H3,(H,14,18). The van der Waals surface area contributed by atoms with Crippen molar-refractivity contribution in [1.29, 1.82) is 0 Å². The van der Waals surface area contributed by atoms with Gasteiger partial charge in [-0.1, -0.05) is 5.21 Å². The molecule has 1 atom stereocenters. The molecular formula is C12H21N5O2. The Morgan fingerprint density at radius 3 is 3.00 bits per heavy atom. The van der Waals surface area contributed by atoms with Gasteiger partial charge < -0.3 is 15.8 Å². The van der Waals surface area contributed by atoms with Crippen LogP contribution < -0.4 is 11.1 Å². The van der Waals surface area contributed by atoms with E-state index in [2.05, 4.69) is 15.6 Å². The largest absolute Gasteiger partial charge is 0.381 e. The molecule has 7 heteroatoms. The van der Waals surface area contributed by atoms with Gasteiger partial charge >= 0.3 is 0 Å². The summed E-state index contributed by atoms with van der Waals surface area (Å²) in [7, 11) is 0. The van der Waals surface area contributed by atoms with Gasteiger partial charge in [0.15, 0.2) is 0 Å². The second-order valence-electron chi connectivity index (χ2n) is 4.92.